The fourth-order valence-electron chi connectivity index (χ4n) is 2.06. The van der Waals surface area contributed by atoms with Crippen LogP contribution in [0.4, 0.5) is 5.69 Å². The second kappa shape index (κ2) is 10.1. The summed E-state index contributed by atoms with van der Waals surface area (Å²) in [6.07, 6.45) is 5.96. The van der Waals surface area contributed by atoms with Crippen molar-refractivity contribution in [3.63, 3.8) is 0 Å². The van der Waals surface area contributed by atoms with Gasteiger partial charge in [0.05, 0.1) is 19.1 Å². The molecule has 0 heterocycles. The van der Waals surface area contributed by atoms with Gasteiger partial charge in [0, 0.05) is 11.8 Å². The third-order valence-corrected chi connectivity index (χ3v) is 3.23. The van der Waals surface area contributed by atoms with Crippen LogP contribution in [0.15, 0.2) is 24.3 Å². The van der Waals surface area contributed by atoms with Crippen LogP contribution in [0, 0.1) is 0 Å². The lowest BCUT2D eigenvalue weighted by Crippen LogP contribution is -2.17. The van der Waals surface area contributed by atoms with Crippen LogP contribution >= 0.6 is 0 Å². The highest BCUT2D eigenvalue weighted by atomic mass is 16.5. The van der Waals surface area contributed by atoms with E-state index in [-0.39, 0.29) is 18.5 Å². The lowest BCUT2D eigenvalue weighted by Gasteiger charge is -2.13. The number of carbonyl (C=O) groups is 1. The third kappa shape index (κ3) is 8.23. The Hall–Kier alpha value is -1.71. The van der Waals surface area contributed by atoms with Crippen molar-refractivity contribution in [3.8, 4) is 5.75 Å². The van der Waals surface area contributed by atoms with Crippen LogP contribution in [-0.4, -0.2) is 18.7 Å². The van der Waals surface area contributed by atoms with Gasteiger partial charge in [0.2, 0.25) is 0 Å². The van der Waals surface area contributed by atoms with E-state index in [1.54, 1.807) is 12.1 Å². The summed E-state index contributed by atoms with van der Waals surface area (Å²) >= 11 is 0. The lowest BCUT2D eigenvalue weighted by atomic mass is 10.1. The minimum absolute atomic E-state index is 0.0123. The number of benzene rings is 1. The summed E-state index contributed by atoms with van der Waals surface area (Å²) in [4.78, 5) is 11.7. The van der Waals surface area contributed by atoms with Crippen molar-refractivity contribution in [3.05, 3.63) is 24.3 Å². The first-order chi connectivity index (χ1) is 10.1. The first kappa shape index (κ1) is 17.3. The first-order valence-electron chi connectivity index (χ1n) is 7.79. The standard InChI is InChI=1S/C17H27NO3/c1-3-4-5-6-8-14(2)21-17(19)11-12-20-16-10-7-9-15(18)13-16/h7,9-10,13-14H,3-6,8,11-12,18H2,1-2H3. The number of ether oxygens (including phenoxy) is 2. The maximum atomic E-state index is 11.7. The number of nitrogens with two attached hydrogens (primary N) is 1. The molecule has 21 heavy (non-hydrogen) atoms. The average molecular weight is 293 g/mol. The highest BCUT2D eigenvalue weighted by Gasteiger charge is 2.09. The van der Waals surface area contributed by atoms with Gasteiger partial charge >= 0.3 is 5.97 Å². The number of esters is 1. The zero-order valence-corrected chi connectivity index (χ0v) is 13.1. The number of nitrogen functional groups attached to an aromatic ring is 1. The largest absolute Gasteiger partial charge is 0.493 e. The van der Waals surface area contributed by atoms with Gasteiger partial charge in [-0.25, -0.2) is 0 Å². The predicted octanol–water partition coefficient (Wildman–Crippen LogP) is 3.94. The number of unbranched alkanes of at least 4 members (excludes halogenated alkanes) is 3. The minimum Gasteiger partial charge on any atom is -0.493 e. The Morgan fingerprint density at radius 3 is 2.81 bits per heavy atom. The van der Waals surface area contributed by atoms with Crippen molar-refractivity contribution in [1.82, 2.24) is 0 Å². The van der Waals surface area contributed by atoms with E-state index in [0.29, 0.717) is 18.0 Å². The normalized spacial score (nSPS) is 11.9. The second-order valence-electron chi connectivity index (χ2n) is 5.32. The quantitative estimate of drug-likeness (QED) is 0.403. The average Bonchev–Trinajstić information content (AvgIpc) is 2.43. The Bertz CT molecular complexity index is 420. The van der Waals surface area contributed by atoms with Crippen LogP contribution < -0.4 is 10.5 Å². The molecule has 0 saturated heterocycles. The molecule has 0 amide bonds. The van der Waals surface area contributed by atoms with Gasteiger partial charge in [-0.2, -0.15) is 0 Å². The number of carbonyl (C=O) groups excluding carboxylic acids is 1. The van der Waals surface area contributed by atoms with Crippen LogP contribution in [0.5, 0.6) is 5.75 Å². The van der Waals surface area contributed by atoms with Crippen molar-refractivity contribution >= 4 is 11.7 Å². The van der Waals surface area contributed by atoms with Crippen molar-refractivity contribution < 1.29 is 14.3 Å². The van der Waals surface area contributed by atoms with Crippen molar-refractivity contribution in [2.45, 2.75) is 58.5 Å². The molecule has 1 unspecified atom stereocenters. The summed E-state index contributed by atoms with van der Waals surface area (Å²) in [6.45, 7) is 4.44. The summed E-state index contributed by atoms with van der Waals surface area (Å²) in [7, 11) is 0. The highest BCUT2D eigenvalue weighted by Crippen LogP contribution is 2.15. The Morgan fingerprint density at radius 1 is 1.29 bits per heavy atom. The zero-order valence-electron chi connectivity index (χ0n) is 13.1. The summed E-state index contributed by atoms with van der Waals surface area (Å²) < 4.78 is 10.8. The molecule has 0 aliphatic rings. The zero-order chi connectivity index (χ0) is 15.5. The van der Waals surface area contributed by atoms with Gasteiger partial charge in [0.1, 0.15) is 5.75 Å². The molecular weight excluding hydrogens is 266 g/mol. The molecular formula is C17H27NO3. The van der Waals surface area contributed by atoms with E-state index in [9.17, 15) is 4.79 Å². The monoisotopic (exact) mass is 293 g/mol. The van der Waals surface area contributed by atoms with Crippen LogP contribution in [0.1, 0.15) is 52.4 Å². The maximum Gasteiger partial charge on any atom is 0.309 e. The van der Waals surface area contributed by atoms with Gasteiger partial charge in [0.25, 0.3) is 0 Å². The first-order valence-corrected chi connectivity index (χ1v) is 7.79. The fourth-order valence-corrected chi connectivity index (χ4v) is 2.06. The van der Waals surface area contributed by atoms with Gasteiger partial charge in [-0.05, 0) is 31.9 Å². The number of rotatable bonds is 10. The van der Waals surface area contributed by atoms with Gasteiger partial charge in [-0.15, -0.1) is 0 Å². The Morgan fingerprint density at radius 2 is 2.10 bits per heavy atom. The fraction of sp³-hybridized carbons (Fsp3) is 0.588. The van der Waals surface area contributed by atoms with Crippen LogP contribution in [0.2, 0.25) is 0 Å². The molecule has 1 aromatic carbocycles. The van der Waals surface area contributed by atoms with E-state index in [4.69, 9.17) is 15.2 Å². The van der Waals surface area contributed by atoms with Crippen molar-refractivity contribution in [2.75, 3.05) is 12.3 Å². The van der Waals surface area contributed by atoms with Gasteiger partial charge in [-0.1, -0.05) is 32.3 Å². The van der Waals surface area contributed by atoms with Crippen molar-refractivity contribution in [1.29, 1.82) is 0 Å². The van der Waals surface area contributed by atoms with Crippen molar-refractivity contribution in [2.24, 2.45) is 0 Å². The molecule has 1 rings (SSSR count). The number of hydrogen-bond donors (Lipinski definition) is 1. The molecule has 0 bridgehead atoms. The van der Waals surface area contributed by atoms with Gasteiger partial charge < -0.3 is 15.2 Å². The lowest BCUT2D eigenvalue weighted by molar-refractivity contribution is -0.149. The molecule has 1 atom stereocenters. The summed E-state index contributed by atoms with van der Waals surface area (Å²) in [5, 5.41) is 0. The van der Waals surface area contributed by atoms with E-state index in [0.717, 1.165) is 12.8 Å². The summed E-state index contributed by atoms with van der Waals surface area (Å²) in [6, 6.07) is 7.17. The predicted molar refractivity (Wildman–Crippen MR) is 85.3 cm³/mol. The molecule has 1 aromatic rings. The van der Waals surface area contributed by atoms with E-state index in [2.05, 4.69) is 6.92 Å². The molecule has 0 radical (unpaired) electrons. The molecule has 118 valence electrons. The molecule has 2 N–H and O–H groups in total. The summed E-state index contributed by atoms with van der Waals surface area (Å²) in [5.74, 6) is 0.470. The molecule has 0 fully saturated rings. The molecule has 0 aliphatic carbocycles. The Kier molecular flexibility index (Phi) is 8.32. The third-order valence-electron chi connectivity index (χ3n) is 3.23. The SMILES string of the molecule is CCCCCCC(C)OC(=O)CCOc1cccc(N)c1. The van der Waals surface area contributed by atoms with Crippen LogP contribution in [0.3, 0.4) is 0 Å². The van der Waals surface area contributed by atoms with Gasteiger partial charge in [-0.3, -0.25) is 4.79 Å². The highest BCUT2D eigenvalue weighted by molar-refractivity contribution is 5.69. The molecule has 0 spiro atoms. The Labute approximate surface area is 127 Å². The van der Waals surface area contributed by atoms with E-state index in [1.807, 2.05) is 19.1 Å². The molecule has 4 heteroatoms. The Balaban J connectivity index is 2.13. The van der Waals surface area contributed by atoms with Gasteiger partial charge in [0.15, 0.2) is 0 Å². The number of hydrogen-bond acceptors (Lipinski definition) is 4. The smallest absolute Gasteiger partial charge is 0.309 e. The summed E-state index contributed by atoms with van der Waals surface area (Å²) in [5.41, 5.74) is 6.30. The van der Waals surface area contributed by atoms with Crippen LogP contribution in [-0.2, 0) is 9.53 Å². The number of anilines is 1. The van der Waals surface area contributed by atoms with Crippen LogP contribution in [0.25, 0.3) is 0 Å². The minimum atomic E-state index is -0.207. The maximum absolute atomic E-state index is 11.7. The topological polar surface area (TPSA) is 61.5 Å². The molecule has 0 aromatic heterocycles. The second-order valence-corrected chi connectivity index (χ2v) is 5.32. The molecule has 0 aliphatic heterocycles. The van der Waals surface area contributed by atoms with E-state index < -0.39 is 0 Å². The van der Waals surface area contributed by atoms with E-state index >= 15 is 0 Å². The molecule has 4 nitrogen and oxygen atoms in total. The molecule has 0 saturated carbocycles. The van der Waals surface area contributed by atoms with E-state index in [1.165, 1.54) is 19.3 Å².